The highest BCUT2D eigenvalue weighted by Gasteiger charge is 2.09. The summed E-state index contributed by atoms with van der Waals surface area (Å²) in [6.07, 6.45) is 1.84. The molecule has 6 nitrogen and oxygen atoms in total. The van der Waals surface area contributed by atoms with Crippen LogP contribution in [-0.2, 0) is 13.1 Å². The highest BCUT2D eigenvalue weighted by molar-refractivity contribution is 7.09. The number of para-hydroxylation sites is 1. The van der Waals surface area contributed by atoms with Gasteiger partial charge in [-0.05, 0) is 43.3 Å². The van der Waals surface area contributed by atoms with Gasteiger partial charge in [0.05, 0.1) is 17.1 Å². The average molecular weight is 447 g/mol. The zero-order valence-electron chi connectivity index (χ0n) is 18.2. The Bertz CT molecular complexity index is 1200. The Hall–Kier alpha value is -3.29. The molecular formula is C25H26N4O2S. The minimum absolute atomic E-state index is 0.170. The maximum atomic E-state index is 12.0. The topological polar surface area (TPSA) is 67.3 Å². The van der Waals surface area contributed by atoms with Crippen molar-refractivity contribution in [3.63, 3.8) is 0 Å². The second-order valence-corrected chi connectivity index (χ2v) is 8.73. The number of benzene rings is 2. The second kappa shape index (κ2) is 10.3. The zero-order valence-corrected chi connectivity index (χ0v) is 19.1. The standard InChI is InChI=1S/C25H26N4O2S/c1-18-28-23(17-32-18)25(30)27-12-13-31-22-10-3-6-19(14-22)15-29(2)16-21-8-4-7-20-9-5-11-26-24(20)21/h3-11,14,17H,12-13,15-16H2,1-2H3,(H,27,30). The molecule has 0 aliphatic carbocycles. The molecule has 0 saturated heterocycles. The molecule has 0 saturated carbocycles. The number of ether oxygens (including phenoxy) is 1. The Morgan fingerprint density at radius 2 is 1.97 bits per heavy atom. The van der Waals surface area contributed by atoms with Gasteiger partial charge in [0.2, 0.25) is 0 Å². The first-order valence-corrected chi connectivity index (χ1v) is 11.4. The molecule has 0 bridgehead atoms. The number of hydrogen-bond donors (Lipinski definition) is 1. The van der Waals surface area contributed by atoms with Crippen LogP contribution in [0.5, 0.6) is 5.75 Å². The first kappa shape index (κ1) is 21.9. The van der Waals surface area contributed by atoms with Crippen molar-refractivity contribution in [1.82, 2.24) is 20.2 Å². The monoisotopic (exact) mass is 446 g/mol. The molecule has 0 fully saturated rings. The maximum absolute atomic E-state index is 12.0. The molecule has 2 aromatic carbocycles. The van der Waals surface area contributed by atoms with Gasteiger partial charge >= 0.3 is 0 Å². The predicted molar refractivity (Wildman–Crippen MR) is 128 cm³/mol. The van der Waals surface area contributed by atoms with Crippen LogP contribution in [0.25, 0.3) is 10.9 Å². The number of carbonyl (C=O) groups excluding carboxylic acids is 1. The fourth-order valence-electron chi connectivity index (χ4n) is 3.58. The van der Waals surface area contributed by atoms with E-state index in [1.807, 2.05) is 37.4 Å². The van der Waals surface area contributed by atoms with Crippen LogP contribution in [0.1, 0.15) is 26.6 Å². The number of amides is 1. The Kier molecular flexibility index (Phi) is 7.09. The van der Waals surface area contributed by atoms with E-state index in [2.05, 4.69) is 57.6 Å². The van der Waals surface area contributed by atoms with Crippen LogP contribution < -0.4 is 10.1 Å². The third kappa shape index (κ3) is 5.69. The summed E-state index contributed by atoms with van der Waals surface area (Å²) in [6, 6.07) is 18.4. The molecule has 2 heterocycles. The number of hydrogen-bond acceptors (Lipinski definition) is 6. The molecule has 4 rings (SSSR count). The Labute approximate surface area is 191 Å². The number of rotatable bonds is 9. The van der Waals surface area contributed by atoms with Crippen LogP contribution in [0.2, 0.25) is 0 Å². The maximum Gasteiger partial charge on any atom is 0.270 e. The molecule has 0 aliphatic rings. The molecule has 164 valence electrons. The third-order valence-corrected chi connectivity index (χ3v) is 5.79. The molecule has 0 spiro atoms. The van der Waals surface area contributed by atoms with Crippen LogP contribution in [0, 0.1) is 6.92 Å². The van der Waals surface area contributed by atoms with Crippen molar-refractivity contribution in [3.8, 4) is 5.75 Å². The highest BCUT2D eigenvalue weighted by atomic mass is 32.1. The van der Waals surface area contributed by atoms with Gasteiger partial charge in [0, 0.05) is 30.1 Å². The lowest BCUT2D eigenvalue weighted by atomic mass is 10.1. The van der Waals surface area contributed by atoms with Gasteiger partial charge in [-0.15, -0.1) is 11.3 Å². The zero-order chi connectivity index (χ0) is 22.3. The molecule has 1 N–H and O–H groups in total. The van der Waals surface area contributed by atoms with E-state index in [1.54, 1.807) is 5.38 Å². The van der Waals surface area contributed by atoms with Crippen molar-refractivity contribution in [1.29, 1.82) is 0 Å². The van der Waals surface area contributed by atoms with Crippen LogP contribution in [0.3, 0.4) is 0 Å². The molecular weight excluding hydrogens is 420 g/mol. The SMILES string of the molecule is Cc1nc(C(=O)NCCOc2cccc(CN(C)Cc3cccc4cccnc34)c2)cs1. The first-order chi connectivity index (χ1) is 15.6. The highest BCUT2D eigenvalue weighted by Crippen LogP contribution is 2.19. The normalized spacial score (nSPS) is 11.1. The van der Waals surface area contributed by atoms with E-state index in [1.165, 1.54) is 22.5 Å². The first-order valence-electron chi connectivity index (χ1n) is 10.5. The van der Waals surface area contributed by atoms with E-state index in [9.17, 15) is 4.79 Å². The van der Waals surface area contributed by atoms with E-state index in [0.29, 0.717) is 18.8 Å². The molecule has 0 unspecified atom stereocenters. The number of aryl methyl sites for hydroxylation is 1. The van der Waals surface area contributed by atoms with E-state index >= 15 is 0 Å². The summed E-state index contributed by atoms with van der Waals surface area (Å²) in [5.41, 5.74) is 3.89. The third-order valence-electron chi connectivity index (χ3n) is 5.02. The summed E-state index contributed by atoms with van der Waals surface area (Å²) in [5, 5.41) is 6.64. The number of fused-ring (bicyclic) bond motifs is 1. The van der Waals surface area contributed by atoms with Gasteiger partial charge in [0.1, 0.15) is 18.1 Å². The minimum atomic E-state index is -0.170. The van der Waals surface area contributed by atoms with Crippen molar-refractivity contribution in [2.75, 3.05) is 20.2 Å². The Morgan fingerprint density at radius 3 is 2.81 bits per heavy atom. The number of pyridine rings is 1. The lowest BCUT2D eigenvalue weighted by Gasteiger charge is -2.18. The van der Waals surface area contributed by atoms with Gasteiger partial charge in [-0.25, -0.2) is 4.98 Å². The smallest absolute Gasteiger partial charge is 0.270 e. The molecule has 0 radical (unpaired) electrons. The number of carbonyl (C=O) groups is 1. The van der Waals surface area contributed by atoms with Gasteiger partial charge in [-0.1, -0.05) is 36.4 Å². The largest absolute Gasteiger partial charge is 0.492 e. The quantitative estimate of drug-likeness (QED) is 0.385. The summed E-state index contributed by atoms with van der Waals surface area (Å²) >= 11 is 1.47. The summed E-state index contributed by atoms with van der Waals surface area (Å²) in [5.74, 6) is 0.623. The Balaban J connectivity index is 1.28. The van der Waals surface area contributed by atoms with E-state index in [0.717, 1.165) is 34.7 Å². The van der Waals surface area contributed by atoms with Gasteiger partial charge in [0.15, 0.2) is 0 Å². The van der Waals surface area contributed by atoms with Crippen LogP contribution >= 0.6 is 11.3 Å². The van der Waals surface area contributed by atoms with E-state index in [-0.39, 0.29) is 5.91 Å². The van der Waals surface area contributed by atoms with Crippen LogP contribution in [0.4, 0.5) is 0 Å². The minimum Gasteiger partial charge on any atom is -0.492 e. The molecule has 4 aromatic rings. The summed E-state index contributed by atoms with van der Waals surface area (Å²) < 4.78 is 5.83. The van der Waals surface area contributed by atoms with Gasteiger partial charge < -0.3 is 10.1 Å². The molecule has 1 amide bonds. The molecule has 2 aromatic heterocycles. The fraction of sp³-hybridized carbons (Fsp3) is 0.240. The van der Waals surface area contributed by atoms with Gasteiger partial charge in [-0.2, -0.15) is 0 Å². The lowest BCUT2D eigenvalue weighted by molar-refractivity contribution is 0.0942. The van der Waals surface area contributed by atoms with Crippen molar-refractivity contribution in [2.24, 2.45) is 0 Å². The number of nitrogens with zero attached hydrogens (tertiary/aromatic N) is 3. The average Bonchev–Trinajstić information content (AvgIpc) is 3.23. The van der Waals surface area contributed by atoms with E-state index in [4.69, 9.17) is 4.74 Å². The van der Waals surface area contributed by atoms with E-state index < -0.39 is 0 Å². The van der Waals surface area contributed by atoms with Crippen LogP contribution in [-0.4, -0.2) is 41.0 Å². The van der Waals surface area contributed by atoms with Gasteiger partial charge in [0.25, 0.3) is 5.91 Å². The van der Waals surface area contributed by atoms with Crippen LogP contribution in [0.15, 0.2) is 66.2 Å². The number of thiazole rings is 1. The van der Waals surface area contributed by atoms with Crippen molar-refractivity contribution in [3.05, 3.63) is 88.0 Å². The molecule has 0 aliphatic heterocycles. The fourth-order valence-corrected chi connectivity index (χ4v) is 4.17. The molecule has 0 atom stereocenters. The lowest BCUT2D eigenvalue weighted by Crippen LogP contribution is -2.28. The summed E-state index contributed by atoms with van der Waals surface area (Å²) in [6.45, 7) is 4.30. The van der Waals surface area contributed by atoms with Crippen molar-refractivity contribution in [2.45, 2.75) is 20.0 Å². The predicted octanol–water partition coefficient (Wildman–Crippen LogP) is 4.44. The number of aromatic nitrogens is 2. The Morgan fingerprint density at radius 1 is 1.12 bits per heavy atom. The summed E-state index contributed by atoms with van der Waals surface area (Å²) in [4.78, 5) is 23.0. The summed E-state index contributed by atoms with van der Waals surface area (Å²) in [7, 11) is 2.10. The number of nitrogens with one attached hydrogen (secondary N) is 1. The van der Waals surface area contributed by atoms with Gasteiger partial charge in [-0.3, -0.25) is 14.7 Å². The van der Waals surface area contributed by atoms with Crippen molar-refractivity contribution < 1.29 is 9.53 Å². The van der Waals surface area contributed by atoms with Crippen molar-refractivity contribution >= 4 is 28.1 Å². The molecule has 32 heavy (non-hydrogen) atoms. The molecule has 7 heteroatoms. The second-order valence-electron chi connectivity index (χ2n) is 7.67.